The van der Waals surface area contributed by atoms with Gasteiger partial charge in [0.2, 0.25) is 5.91 Å². The second kappa shape index (κ2) is 9.08. The minimum absolute atomic E-state index is 0.0568. The van der Waals surface area contributed by atoms with Crippen molar-refractivity contribution in [2.75, 3.05) is 12.3 Å². The molecule has 5 heteroatoms. The summed E-state index contributed by atoms with van der Waals surface area (Å²) in [4.78, 5) is 19.2. The second-order valence-electron chi connectivity index (χ2n) is 5.69. The van der Waals surface area contributed by atoms with Crippen LogP contribution in [0.25, 0.3) is 0 Å². The Morgan fingerprint density at radius 2 is 1.68 bits per heavy atom. The fraction of sp³-hybridized carbons (Fsp3) is 0.200. The van der Waals surface area contributed by atoms with Crippen LogP contribution in [0.4, 0.5) is 0 Å². The lowest BCUT2D eigenvalue weighted by Gasteiger charge is -2.17. The maximum Gasteiger partial charge on any atom is 0.230 e. The first-order valence-electron chi connectivity index (χ1n) is 8.28. The Bertz CT molecular complexity index is 721. The first-order valence-corrected chi connectivity index (χ1v) is 9.33. The van der Waals surface area contributed by atoms with Gasteiger partial charge < -0.3 is 10.3 Å². The topological polar surface area (TPSA) is 57.8 Å². The van der Waals surface area contributed by atoms with E-state index in [-0.39, 0.29) is 11.2 Å². The van der Waals surface area contributed by atoms with Crippen molar-refractivity contribution in [2.45, 2.75) is 11.7 Å². The molecule has 0 aliphatic carbocycles. The fourth-order valence-corrected chi connectivity index (χ4v) is 3.73. The molecule has 0 radical (unpaired) electrons. The van der Waals surface area contributed by atoms with E-state index in [0.717, 1.165) is 12.1 Å². The van der Waals surface area contributed by atoms with Gasteiger partial charge in [-0.25, -0.2) is 4.98 Å². The van der Waals surface area contributed by atoms with Gasteiger partial charge in [0.25, 0.3) is 0 Å². The largest absolute Gasteiger partial charge is 0.355 e. The minimum Gasteiger partial charge on any atom is -0.355 e. The molecule has 0 saturated heterocycles. The zero-order valence-electron chi connectivity index (χ0n) is 13.9. The number of hydrogen-bond acceptors (Lipinski definition) is 3. The molecule has 1 amide bonds. The molecule has 3 rings (SSSR count). The number of imidazole rings is 1. The van der Waals surface area contributed by atoms with Crippen molar-refractivity contribution in [3.63, 3.8) is 0 Å². The van der Waals surface area contributed by atoms with Crippen LogP contribution in [0.5, 0.6) is 0 Å². The van der Waals surface area contributed by atoms with E-state index in [0.29, 0.717) is 12.3 Å². The third kappa shape index (κ3) is 5.22. The van der Waals surface area contributed by atoms with Gasteiger partial charge in [-0.3, -0.25) is 4.79 Å². The molecule has 0 aliphatic heterocycles. The summed E-state index contributed by atoms with van der Waals surface area (Å²) in [5.41, 5.74) is 3.45. The molecule has 2 N–H and O–H groups in total. The molecular formula is C20H21N3OS. The molecule has 2 aromatic carbocycles. The molecule has 0 saturated carbocycles. The number of amides is 1. The van der Waals surface area contributed by atoms with Crippen molar-refractivity contribution in [1.29, 1.82) is 0 Å². The summed E-state index contributed by atoms with van der Waals surface area (Å²) in [6, 6.07) is 20.6. The number of nitrogens with one attached hydrogen (secondary N) is 2. The van der Waals surface area contributed by atoms with Crippen LogP contribution in [0.15, 0.2) is 73.2 Å². The summed E-state index contributed by atoms with van der Waals surface area (Å²) in [5.74, 6) is 0.485. The van der Waals surface area contributed by atoms with Gasteiger partial charge in [0.1, 0.15) is 0 Å². The number of aromatic nitrogens is 2. The number of hydrogen-bond donors (Lipinski definition) is 2. The summed E-state index contributed by atoms with van der Waals surface area (Å²) in [6.45, 7) is 0.614. The Labute approximate surface area is 152 Å². The molecule has 0 bridgehead atoms. The lowest BCUT2D eigenvalue weighted by atomic mass is 10.0. The zero-order valence-corrected chi connectivity index (χ0v) is 14.7. The lowest BCUT2D eigenvalue weighted by molar-refractivity contribution is -0.118. The van der Waals surface area contributed by atoms with Gasteiger partial charge in [0.05, 0.1) is 17.3 Å². The van der Waals surface area contributed by atoms with Gasteiger partial charge in [-0.15, -0.1) is 11.8 Å². The van der Waals surface area contributed by atoms with E-state index >= 15 is 0 Å². The summed E-state index contributed by atoms with van der Waals surface area (Å²) >= 11 is 1.65. The average molecular weight is 351 g/mol. The van der Waals surface area contributed by atoms with Gasteiger partial charge in [-0.1, -0.05) is 60.7 Å². The summed E-state index contributed by atoms with van der Waals surface area (Å²) in [6.07, 6.45) is 4.19. The van der Waals surface area contributed by atoms with Crippen molar-refractivity contribution in [1.82, 2.24) is 15.3 Å². The van der Waals surface area contributed by atoms with Crippen molar-refractivity contribution >= 4 is 17.7 Å². The van der Waals surface area contributed by atoms with Crippen LogP contribution in [0.3, 0.4) is 0 Å². The number of nitrogens with zero attached hydrogens (tertiary/aromatic N) is 1. The van der Waals surface area contributed by atoms with Gasteiger partial charge in [-0.2, -0.15) is 0 Å². The molecule has 128 valence electrons. The van der Waals surface area contributed by atoms with Crippen molar-refractivity contribution in [2.24, 2.45) is 0 Å². The van der Waals surface area contributed by atoms with Crippen molar-refractivity contribution < 1.29 is 4.79 Å². The van der Waals surface area contributed by atoms with Gasteiger partial charge in [0, 0.05) is 24.9 Å². The molecule has 0 fully saturated rings. The minimum atomic E-state index is 0.0568. The van der Waals surface area contributed by atoms with Gasteiger partial charge >= 0.3 is 0 Å². The quantitative estimate of drug-likeness (QED) is 0.652. The van der Waals surface area contributed by atoms with E-state index in [4.69, 9.17) is 0 Å². The SMILES string of the molecule is O=C(CSC(c1ccccc1)c1ccccc1)NCCc1cnc[nH]1. The summed E-state index contributed by atoms with van der Waals surface area (Å²) in [7, 11) is 0. The van der Waals surface area contributed by atoms with Crippen LogP contribution in [-0.2, 0) is 11.2 Å². The Hall–Kier alpha value is -2.53. The number of carbonyl (C=O) groups excluding carboxylic acids is 1. The van der Waals surface area contributed by atoms with Crippen molar-refractivity contribution in [3.05, 3.63) is 90.0 Å². The second-order valence-corrected chi connectivity index (χ2v) is 6.78. The number of H-pyrrole nitrogens is 1. The first kappa shape index (κ1) is 17.3. The predicted molar refractivity (Wildman–Crippen MR) is 102 cm³/mol. The molecule has 1 aromatic heterocycles. The summed E-state index contributed by atoms with van der Waals surface area (Å²) in [5, 5.41) is 3.13. The van der Waals surface area contributed by atoms with E-state index in [1.807, 2.05) is 36.4 Å². The Kier molecular flexibility index (Phi) is 6.29. The monoisotopic (exact) mass is 351 g/mol. The van der Waals surface area contributed by atoms with Crippen LogP contribution < -0.4 is 5.32 Å². The molecule has 0 unspecified atom stereocenters. The molecular weight excluding hydrogens is 330 g/mol. The Morgan fingerprint density at radius 3 is 2.24 bits per heavy atom. The zero-order chi connectivity index (χ0) is 17.3. The number of carbonyl (C=O) groups is 1. The van der Waals surface area contributed by atoms with Crippen LogP contribution in [0, 0.1) is 0 Å². The number of thioether (sulfide) groups is 1. The highest BCUT2D eigenvalue weighted by Crippen LogP contribution is 2.35. The molecule has 4 nitrogen and oxygen atoms in total. The third-order valence-corrected chi connectivity index (χ3v) is 5.16. The van der Waals surface area contributed by atoms with Crippen molar-refractivity contribution in [3.8, 4) is 0 Å². The molecule has 3 aromatic rings. The van der Waals surface area contributed by atoms with Gasteiger partial charge in [0.15, 0.2) is 0 Å². The van der Waals surface area contributed by atoms with Crippen LogP contribution >= 0.6 is 11.8 Å². The molecule has 1 heterocycles. The predicted octanol–water partition coefficient (Wildman–Crippen LogP) is 3.59. The molecule has 0 spiro atoms. The standard InChI is InChI=1S/C20H21N3OS/c24-19(22-12-11-18-13-21-15-23-18)14-25-20(16-7-3-1-4-8-16)17-9-5-2-6-10-17/h1-10,13,15,20H,11-12,14H2,(H,21,23)(H,22,24). The Morgan fingerprint density at radius 1 is 1.04 bits per heavy atom. The molecule has 0 atom stereocenters. The summed E-state index contributed by atoms with van der Waals surface area (Å²) < 4.78 is 0. The number of aromatic amines is 1. The van der Waals surface area contributed by atoms with E-state index in [1.54, 1.807) is 24.3 Å². The van der Waals surface area contributed by atoms with E-state index in [9.17, 15) is 4.79 Å². The highest BCUT2D eigenvalue weighted by atomic mass is 32.2. The molecule has 25 heavy (non-hydrogen) atoms. The van der Waals surface area contributed by atoms with E-state index < -0.39 is 0 Å². The maximum atomic E-state index is 12.2. The van der Waals surface area contributed by atoms with E-state index in [1.165, 1.54) is 11.1 Å². The van der Waals surface area contributed by atoms with Crippen LogP contribution in [0.2, 0.25) is 0 Å². The normalized spacial score (nSPS) is 10.8. The number of rotatable bonds is 8. The lowest BCUT2D eigenvalue weighted by Crippen LogP contribution is -2.27. The molecule has 0 aliphatic rings. The Balaban J connectivity index is 1.56. The van der Waals surface area contributed by atoms with Crippen LogP contribution in [-0.4, -0.2) is 28.2 Å². The highest BCUT2D eigenvalue weighted by Gasteiger charge is 2.16. The average Bonchev–Trinajstić information content (AvgIpc) is 3.17. The van der Waals surface area contributed by atoms with Gasteiger partial charge in [-0.05, 0) is 11.1 Å². The fourth-order valence-electron chi connectivity index (χ4n) is 2.61. The smallest absolute Gasteiger partial charge is 0.230 e. The third-order valence-electron chi connectivity index (χ3n) is 3.86. The van der Waals surface area contributed by atoms with Crippen LogP contribution in [0.1, 0.15) is 22.1 Å². The highest BCUT2D eigenvalue weighted by molar-refractivity contribution is 8.00. The first-order chi connectivity index (χ1) is 12.3. The number of benzene rings is 2. The van der Waals surface area contributed by atoms with E-state index in [2.05, 4.69) is 39.6 Å². The maximum absolute atomic E-state index is 12.2.